The van der Waals surface area contributed by atoms with Crippen LogP contribution in [0.15, 0.2) is 54.6 Å². The molecular weight excluding hydrogens is 397 g/mol. The zero-order valence-electron chi connectivity index (χ0n) is 16.1. The molecule has 0 unspecified atom stereocenters. The number of ether oxygens (including phenoxy) is 1. The summed E-state index contributed by atoms with van der Waals surface area (Å²) in [6.45, 7) is 2.57. The van der Waals surface area contributed by atoms with E-state index in [9.17, 15) is 18.8 Å². The number of nitrogens with two attached hydrogens (primary N) is 1. The number of carboxylic acid groups (broad SMARTS) is 2. The molecule has 0 aliphatic carbocycles. The van der Waals surface area contributed by atoms with Crippen LogP contribution in [-0.2, 0) is 20.9 Å². The summed E-state index contributed by atoms with van der Waals surface area (Å²) in [5.74, 6) is -2.78. The van der Waals surface area contributed by atoms with E-state index in [2.05, 4.69) is 10.6 Å². The molecule has 2 aromatic carbocycles. The molecule has 9 nitrogen and oxygen atoms in total. The third-order valence-electron chi connectivity index (χ3n) is 3.34. The van der Waals surface area contributed by atoms with E-state index in [1.54, 1.807) is 37.3 Å². The van der Waals surface area contributed by atoms with Crippen molar-refractivity contribution in [2.75, 3.05) is 23.0 Å². The van der Waals surface area contributed by atoms with Gasteiger partial charge in [-0.1, -0.05) is 12.1 Å². The second kappa shape index (κ2) is 12.4. The number of hydrogen-bond donors (Lipinski definition) is 5. The SMILES string of the molecule is CCOC(=O)Nc1ccc(NCc2ccc(F)cc2)cc1N.O=C(O)/C=C/C(=O)O. The van der Waals surface area contributed by atoms with Crippen molar-refractivity contribution < 1.29 is 33.7 Å². The van der Waals surface area contributed by atoms with Gasteiger partial charge in [-0.05, 0) is 42.8 Å². The number of nitrogen functional groups attached to an aromatic ring is 1. The molecular formula is C20H22FN3O6. The highest BCUT2D eigenvalue weighted by Crippen LogP contribution is 2.23. The number of hydrogen-bond acceptors (Lipinski definition) is 6. The molecule has 10 heteroatoms. The molecule has 0 aliphatic rings. The van der Waals surface area contributed by atoms with Crippen molar-refractivity contribution in [3.05, 3.63) is 66.0 Å². The molecule has 0 atom stereocenters. The third-order valence-corrected chi connectivity index (χ3v) is 3.34. The van der Waals surface area contributed by atoms with Gasteiger partial charge >= 0.3 is 18.0 Å². The number of anilines is 3. The lowest BCUT2D eigenvalue weighted by atomic mass is 10.2. The Labute approximate surface area is 172 Å². The van der Waals surface area contributed by atoms with Crippen LogP contribution in [0.5, 0.6) is 0 Å². The molecule has 0 saturated carbocycles. The van der Waals surface area contributed by atoms with E-state index in [0.29, 0.717) is 36.7 Å². The van der Waals surface area contributed by atoms with E-state index in [4.69, 9.17) is 20.7 Å². The van der Waals surface area contributed by atoms with Crippen LogP contribution in [-0.4, -0.2) is 34.9 Å². The Bertz CT molecular complexity index is 884. The topological polar surface area (TPSA) is 151 Å². The maximum atomic E-state index is 12.8. The Balaban J connectivity index is 0.000000479. The second-order valence-corrected chi connectivity index (χ2v) is 5.64. The predicted molar refractivity (Wildman–Crippen MR) is 110 cm³/mol. The number of rotatable bonds is 7. The minimum atomic E-state index is -1.26. The Morgan fingerprint density at radius 2 is 1.67 bits per heavy atom. The van der Waals surface area contributed by atoms with Gasteiger partial charge in [-0.25, -0.2) is 18.8 Å². The van der Waals surface area contributed by atoms with Crippen LogP contribution in [0.3, 0.4) is 0 Å². The van der Waals surface area contributed by atoms with E-state index >= 15 is 0 Å². The van der Waals surface area contributed by atoms with E-state index in [1.807, 2.05) is 0 Å². The highest BCUT2D eigenvalue weighted by Gasteiger charge is 2.06. The Hall–Kier alpha value is -4.08. The number of carboxylic acids is 2. The molecule has 2 rings (SSSR count). The van der Waals surface area contributed by atoms with Gasteiger partial charge in [-0.15, -0.1) is 0 Å². The van der Waals surface area contributed by atoms with Crippen molar-refractivity contribution >= 4 is 35.1 Å². The van der Waals surface area contributed by atoms with Crippen LogP contribution in [0.25, 0.3) is 0 Å². The number of halogens is 1. The standard InChI is InChI=1S/C16H18FN3O2.C4H4O4/c1-2-22-16(21)20-15-8-7-13(9-14(15)18)19-10-11-3-5-12(17)6-4-11;5-3(6)1-2-4(7)8/h3-9,19H,2,10,18H2,1H3,(H,20,21);1-2H,(H,5,6)(H,7,8)/b;2-1+. The molecule has 6 N–H and O–H groups in total. The Morgan fingerprint density at radius 3 is 2.17 bits per heavy atom. The molecule has 0 heterocycles. The number of benzene rings is 2. The lowest BCUT2D eigenvalue weighted by Crippen LogP contribution is -2.14. The lowest BCUT2D eigenvalue weighted by molar-refractivity contribution is -0.134. The first-order valence-corrected chi connectivity index (χ1v) is 8.66. The summed E-state index contributed by atoms with van der Waals surface area (Å²) in [4.78, 5) is 30.5. The van der Waals surface area contributed by atoms with Crippen LogP contribution in [0.2, 0.25) is 0 Å². The van der Waals surface area contributed by atoms with Gasteiger partial charge in [-0.2, -0.15) is 0 Å². The van der Waals surface area contributed by atoms with E-state index in [0.717, 1.165) is 11.3 Å². The minimum absolute atomic E-state index is 0.262. The van der Waals surface area contributed by atoms with Crippen LogP contribution in [0.4, 0.5) is 26.2 Å². The normalized spacial score (nSPS) is 9.93. The van der Waals surface area contributed by atoms with E-state index in [-0.39, 0.29) is 5.82 Å². The Kier molecular flexibility index (Phi) is 9.90. The maximum Gasteiger partial charge on any atom is 0.411 e. The largest absolute Gasteiger partial charge is 0.478 e. The first-order chi connectivity index (χ1) is 14.2. The van der Waals surface area contributed by atoms with Crippen LogP contribution >= 0.6 is 0 Å². The molecule has 0 bridgehead atoms. The Morgan fingerprint density at radius 1 is 1.07 bits per heavy atom. The third kappa shape index (κ3) is 9.74. The molecule has 1 amide bonds. The van der Waals surface area contributed by atoms with Gasteiger partial charge in [0.1, 0.15) is 5.82 Å². The van der Waals surface area contributed by atoms with Gasteiger partial charge in [0.05, 0.1) is 18.0 Å². The molecule has 160 valence electrons. The monoisotopic (exact) mass is 419 g/mol. The summed E-state index contributed by atoms with van der Waals surface area (Å²) in [7, 11) is 0. The predicted octanol–water partition coefficient (Wildman–Crippen LogP) is 3.30. The maximum absolute atomic E-state index is 12.8. The molecule has 0 aliphatic heterocycles. The quantitative estimate of drug-likeness (QED) is 0.339. The summed E-state index contributed by atoms with van der Waals surface area (Å²) in [5.41, 5.74) is 8.57. The van der Waals surface area contributed by atoms with E-state index < -0.39 is 18.0 Å². The van der Waals surface area contributed by atoms with Gasteiger partial charge in [-0.3, -0.25) is 5.32 Å². The first kappa shape index (κ1) is 24.0. The highest BCUT2D eigenvalue weighted by molar-refractivity contribution is 5.90. The van der Waals surface area contributed by atoms with Crippen LogP contribution < -0.4 is 16.4 Å². The first-order valence-electron chi connectivity index (χ1n) is 8.66. The average molecular weight is 419 g/mol. The van der Waals surface area contributed by atoms with Gasteiger partial charge in [0.15, 0.2) is 0 Å². The molecule has 0 radical (unpaired) electrons. The number of amides is 1. The van der Waals surface area contributed by atoms with Crippen LogP contribution in [0, 0.1) is 5.82 Å². The molecule has 2 aromatic rings. The number of aliphatic carboxylic acids is 2. The summed E-state index contributed by atoms with van der Waals surface area (Å²) < 4.78 is 17.6. The number of nitrogens with one attached hydrogen (secondary N) is 2. The second-order valence-electron chi connectivity index (χ2n) is 5.64. The van der Waals surface area contributed by atoms with Gasteiger partial charge in [0.2, 0.25) is 0 Å². The summed E-state index contributed by atoms with van der Waals surface area (Å²) in [6, 6.07) is 11.5. The van der Waals surface area contributed by atoms with Gasteiger partial charge < -0.3 is 26.0 Å². The fourth-order valence-electron chi connectivity index (χ4n) is 2.01. The fraction of sp³-hybridized carbons (Fsp3) is 0.150. The smallest absolute Gasteiger partial charge is 0.411 e. The molecule has 0 saturated heterocycles. The van der Waals surface area contributed by atoms with Crippen molar-refractivity contribution in [1.82, 2.24) is 0 Å². The number of carbonyl (C=O) groups is 3. The average Bonchev–Trinajstić information content (AvgIpc) is 2.68. The summed E-state index contributed by atoms with van der Waals surface area (Å²) in [5, 5.41) is 21.4. The number of carbonyl (C=O) groups excluding carboxylic acids is 1. The molecule has 0 fully saturated rings. The zero-order chi connectivity index (χ0) is 22.5. The van der Waals surface area contributed by atoms with Crippen molar-refractivity contribution in [3.8, 4) is 0 Å². The minimum Gasteiger partial charge on any atom is -0.478 e. The van der Waals surface area contributed by atoms with E-state index in [1.165, 1.54) is 12.1 Å². The van der Waals surface area contributed by atoms with Crippen molar-refractivity contribution in [2.45, 2.75) is 13.5 Å². The summed E-state index contributed by atoms with van der Waals surface area (Å²) >= 11 is 0. The fourth-order valence-corrected chi connectivity index (χ4v) is 2.01. The molecule has 0 spiro atoms. The summed E-state index contributed by atoms with van der Waals surface area (Å²) in [6.07, 6.45) is 0.575. The van der Waals surface area contributed by atoms with Crippen molar-refractivity contribution in [2.24, 2.45) is 0 Å². The van der Waals surface area contributed by atoms with Crippen molar-refractivity contribution in [1.29, 1.82) is 0 Å². The lowest BCUT2D eigenvalue weighted by Gasteiger charge is -2.11. The highest BCUT2D eigenvalue weighted by atomic mass is 19.1. The molecule has 0 aromatic heterocycles. The molecule has 30 heavy (non-hydrogen) atoms. The zero-order valence-corrected chi connectivity index (χ0v) is 16.1. The van der Waals surface area contributed by atoms with Crippen LogP contribution in [0.1, 0.15) is 12.5 Å². The van der Waals surface area contributed by atoms with Gasteiger partial charge in [0.25, 0.3) is 0 Å². The van der Waals surface area contributed by atoms with Gasteiger partial charge in [0, 0.05) is 24.4 Å². The van der Waals surface area contributed by atoms with Crippen molar-refractivity contribution in [3.63, 3.8) is 0 Å².